The fraction of sp³-hybridized carbons (Fsp3) is 0. The predicted octanol–water partition coefficient (Wildman–Crippen LogP) is 0.532. The van der Waals surface area contributed by atoms with Crippen LogP contribution in [0.1, 0.15) is 10.4 Å². The van der Waals surface area contributed by atoms with Crippen LogP contribution in [0.5, 0.6) is 0 Å². The minimum Gasteiger partial charge on any atom is -0.344 e. The van der Waals surface area contributed by atoms with Crippen molar-refractivity contribution in [2.24, 2.45) is 0 Å². The van der Waals surface area contributed by atoms with Crippen molar-refractivity contribution < 1.29 is 17.4 Å². The van der Waals surface area contributed by atoms with E-state index in [9.17, 15) is 13.2 Å². The summed E-state index contributed by atoms with van der Waals surface area (Å²) in [6.07, 6.45) is 0. The maximum absolute atomic E-state index is 10.8. The molecule has 0 saturated heterocycles. The van der Waals surface area contributed by atoms with Gasteiger partial charge in [-0.15, -0.1) is 0 Å². The number of rotatable bonds is 2. The molecule has 6 heteroatoms. The van der Waals surface area contributed by atoms with E-state index in [2.05, 4.69) is 4.18 Å². The fourth-order valence-corrected chi connectivity index (χ4v) is 0.935. The van der Waals surface area contributed by atoms with Gasteiger partial charge in [0.1, 0.15) is 0 Å². The Balaban J connectivity index is 0.00000144. The molecule has 72 valence electrons. The molecule has 0 aliphatic rings. The van der Waals surface area contributed by atoms with Crippen LogP contribution in [0.4, 0.5) is 0 Å². The van der Waals surface area contributed by atoms with Crippen LogP contribution in [0.15, 0.2) is 30.3 Å². The van der Waals surface area contributed by atoms with Crippen LogP contribution in [0, 0.1) is 0 Å². The van der Waals surface area contributed by atoms with Crippen molar-refractivity contribution in [2.75, 3.05) is 0 Å². The second kappa shape index (κ2) is 5.28. The molecule has 0 radical (unpaired) electrons. The highest BCUT2D eigenvalue weighted by Crippen LogP contribution is 2.00. The normalized spacial score (nSPS) is 9.00. The summed E-state index contributed by atoms with van der Waals surface area (Å²) in [5, 5.41) is 0. The molecular formula is C7H9NO4S. The summed E-state index contributed by atoms with van der Waals surface area (Å²) in [5.74, 6) is -0.855. The van der Waals surface area contributed by atoms with Crippen molar-refractivity contribution >= 4 is 17.0 Å². The van der Waals surface area contributed by atoms with Gasteiger partial charge in [0.15, 0.2) is 0 Å². The zero-order valence-corrected chi connectivity index (χ0v) is 7.57. The Kier molecular flexibility index (Phi) is 4.71. The zero-order chi connectivity index (χ0) is 8.97. The maximum Gasteiger partial charge on any atom is 0.353 e. The summed E-state index contributed by atoms with van der Waals surface area (Å²) in [6, 6.07) is 7.90. The lowest BCUT2D eigenvalue weighted by molar-refractivity contribution is 0.0754. The molecule has 13 heavy (non-hydrogen) atoms. The monoisotopic (exact) mass is 203 g/mol. The smallest absolute Gasteiger partial charge is 0.344 e. The molecule has 1 aromatic rings. The first-order chi connectivity index (χ1) is 5.70. The zero-order valence-electron chi connectivity index (χ0n) is 6.67. The van der Waals surface area contributed by atoms with Crippen molar-refractivity contribution in [3.63, 3.8) is 0 Å². The molecule has 0 bridgehead atoms. The maximum atomic E-state index is 10.8. The molecule has 0 aliphatic carbocycles. The summed E-state index contributed by atoms with van der Waals surface area (Å²) >= 11 is 0. The molecule has 0 saturated carbocycles. The highest BCUT2D eigenvalue weighted by atomic mass is 32.2. The lowest BCUT2D eigenvalue weighted by atomic mass is 10.2. The molecule has 0 heterocycles. The van der Waals surface area contributed by atoms with Gasteiger partial charge in [-0.3, -0.25) is 0 Å². The molecule has 0 aromatic heterocycles. The molecule has 0 fully saturated rings. The van der Waals surface area contributed by atoms with E-state index in [1.165, 1.54) is 12.1 Å². The molecule has 5 nitrogen and oxygen atoms in total. The summed E-state index contributed by atoms with van der Waals surface area (Å²) < 4.78 is 23.9. The standard InChI is InChI=1S/C7H6O4S.H3N/c8-7(11-12(9)10)6-4-2-1-3-5-6;/h1-5,12H;1H3. The van der Waals surface area contributed by atoms with Gasteiger partial charge in [-0.05, 0) is 12.1 Å². The summed E-state index contributed by atoms with van der Waals surface area (Å²) in [6.45, 7) is 0. The van der Waals surface area contributed by atoms with Crippen LogP contribution >= 0.6 is 0 Å². The molecule has 0 amide bonds. The molecule has 0 atom stereocenters. The fourth-order valence-electron chi connectivity index (χ4n) is 0.695. The van der Waals surface area contributed by atoms with E-state index in [0.29, 0.717) is 0 Å². The van der Waals surface area contributed by atoms with E-state index in [1.807, 2.05) is 0 Å². The third-order valence-corrected chi connectivity index (χ3v) is 1.48. The van der Waals surface area contributed by atoms with Crippen molar-refractivity contribution in [3.8, 4) is 0 Å². The first-order valence-electron chi connectivity index (χ1n) is 3.12. The van der Waals surface area contributed by atoms with Crippen LogP contribution in [0.25, 0.3) is 0 Å². The van der Waals surface area contributed by atoms with Gasteiger partial charge in [0.25, 0.3) is 0 Å². The van der Waals surface area contributed by atoms with Gasteiger partial charge in [0.05, 0.1) is 5.56 Å². The highest BCUT2D eigenvalue weighted by molar-refractivity contribution is 7.67. The van der Waals surface area contributed by atoms with E-state index in [0.717, 1.165) is 0 Å². The van der Waals surface area contributed by atoms with Crippen LogP contribution in [0.2, 0.25) is 0 Å². The van der Waals surface area contributed by atoms with Gasteiger partial charge in [-0.25, -0.2) is 4.79 Å². The summed E-state index contributed by atoms with van der Waals surface area (Å²) in [4.78, 5) is 10.8. The van der Waals surface area contributed by atoms with Gasteiger partial charge < -0.3 is 10.3 Å². The first kappa shape index (κ1) is 11.6. The SMILES string of the molecule is N.O=C(O[SH](=O)=O)c1ccccc1. The van der Waals surface area contributed by atoms with Crippen molar-refractivity contribution in [2.45, 2.75) is 0 Å². The second-order valence-electron chi connectivity index (χ2n) is 1.97. The van der Waals surface area contributed by atoms with Crippen LogP contribution < -0.4 is 6.15 Å². The third kappa shape index (κ3) is 3.68. The van der Waals surface area contributed by atoms with Crippen molar-refractivity contribution in [3.05, 3.63) is 35.9 Å². The Bertz CT molecular complexity index is 339. The highest BCUT2D eigenvalue weighted by Gasteiger charge is 2.05. The van der Waals surface area contributed by atoms with E-state index in [4.69, 9.17) is 0 Å². The predicted molar refractivity (Wildman–Crippen MR) is 47.2 cm³/mol. The van der Waals surface area contributed by atoms with Crippen LogP contribution in [-0.2, 0) is 15.2 Å². The average Bonchev–Trinajstić information content (AvgIpc) is 2.05. The minimum absolute atomic E-state index is 0. The quantitative estimate of drug-likeness (QED) is 0.683. The summed E-state index contributed by atoms with van der Waals surface area (Å²) in [5.41, 5.74) is 0.219. The molecular weight excluding hydrogens is 194 g/mol. The summed E-state index contributed by atoms with van der Waals surface area (Å²) in [7, 11) is -3.11. The van der Waals surface area contributed by atoms with E-state index >= 15 is 0 Å². The number of carbonyl (C=O) groups is 1. The Morgan fingerprint density at radius 1 is 1.15 bits per heavy atom. The molecule has 3 N–H and O–H groups in total. The number of hydrogen-bond donors (Lipinski definition) is 2. The Morgan fingerprint density at radius 3 is 2.15 bits per heavy atom. The molecule has 0 aliphatic heterocycles. The minimum atomic E-state index is -3.11. The van der Waals surface area contributed by atoms with E-state index in [-0.39, 0.29) is 11.7 Å². The lowest BCUT2D eigenvalue weighted by Crippen LogP contribution is -2.02. The van der Waals surface area contributed by atoms with Gasteiger partial charge in [0.2, 0.25) is 0 Å². The Labute approximate surface area is 77.1 Å². The Morgan fingerprint density at radius 2 is 1.69 bits per heavy atom. The van der Waals surface area contributed by atoms with Crippen LogP contribution in [0.3, 0.4) is 0 Å². The van der Waals surface area contributed by atoms with Gasteiger partial charge in [-0.2, -0.15) is 8.42 Å². The molecule has 1 aromatic carbocycles. The molecule has 0 spiro atoms. The molecule has 1 rings (SSSR count). The number of hydrogen-bond acceptors (Lipinski definition) is 5. The number of thiol groups is 1. The average molecular weight is 203 g/mol. The van der Waals surface area contributed by atoms with Crippen molar-refractivity contribution in [1.82, 2.24) is 6.15 Å². The first-order valence-corrected chi connectivity index (χ1v) is 4.21. The number of benzene rings is 1. The van der Waals surface area contributed by atoms with Crippen LogP contribution in [-0.4, -0.2) is 14.4 Å². The van der Waals surface area contributed by atoms with E-state index in [1.54, 1.807) is 18.2 Å². The van der Waals surface area contributed by atoms with Gasteiger partial charge >= 0.3 is 17.0 Å². The third-order valence-electron chi connectivity index (χ3n) is 1.17. The van der Waals surface area contributed by atoms with Gasteiger partial charge in [0, 0.05) is 0 Å². The largest absolute Gasteiger partial charge is 0.353 e. The molecule has 0 unspecified atom stereocenters. The lowest BCUT2D eigenvalue weighted by Gasteiger charge is -1.94. The topological polar surface area (TPSA) is 95.4 Å². The van der Waals surface area contributed by atoms with Gasteiger partial charge in [-0.1, -0.05) is 18.2 Å². The van der Waals surface area contributed by atoms with E-state index < -0.39 is 17.0 Å². The second-order valence-corrected chi connectivity index (χ2v) is 2.60. The Hall–Kier alpha value is -1.40. The number of carbonyl (C=O) groups excluding carboxylic acids is 1. The van der Waals surface area contributed by atoms with Crippen molar-refractivity contribution in [1.29, 1.82) is 0 Å².